The Balaban J connectivity index is 1.41. The summed E-state index contributed by atoms with van der Waals surface area (Å²) in [5.41, 5.74) is 2.78. The molecule has 0 atom stereocenters. The van der Waals surface area contributed by atoms with Gasteiger partial charge in [-0.15, -0.1) is 11.3 Å². The number of aromatic nitrogens is 1. The highest BCUT2D eigenvalue weighted by atomic mass is 32.1. The van der Waals surface area contributed by atoms with Gasteiger partial charge in [-0.25, -0.2) is 9.78 Å². The van der Waals surface area contributed by atoms with Crippen LogP contribution in [0.4, 0.5) is 5.13 Å². The van der Waals surface area contributed by atoms with Crippen molar-refractivity contribution in [2.24, 2.45) is 0 Å². The summed E-state index contributed by atoms with van der Waals surface area (Å²) in [4.78, 5) is 16.3. The van der Waals surface area contributed by atoms with Gasteiger partial charge in [-0.05, 0) is 24.0 Å². The molecule has 0 fully saturated rings. The van der Waals surface area contributed by atoms with E-state index in [1.165, 1.54) is 22.5 Å². The Kier molecular flexibility index (Phi) is 6.17. The van der Waals surface area contributed by atoms with Crippen LogP contribution in [0.1, 0.15) is 28.0 Å². The molecule has 1 N–H and O–H groups in total. The standard InChI is InChI=1S/C20H20N2O2S/c23-19(24-13-7-12-16-8-3-1-4-9-16)18-15-25-20(22-18)21-14-17-10-5-2-6-11-17/h1-6,8-11,15H,7,12-14H2,(H,21,22). The number of benzene rings is 2. The molecule has 0 aliphatic heterocycles. The molecule has 4 nitrogen and oxygen atoms in total. The average Bonchev–Trinajstić information content (AvgIpc) is 3.14. The number of nitrogens with one attached hydrogen (secondary N) is 1. The molecule has 3 aromatic rings. The molecule has 128 valence electrons. The van der Waals surface area contributed by atoms with Crippen LogP contribution in [0.3, 0.4) is 0 Å². The van der Waals surface area contributed by atoms with Gasteiger partial charge in [0.05, 0.1) is 6.61 Å². The molecule has 0 aliphatic rings. The van der Waals surface area contributed by atoms with E-state index in [1.807, 2.05) is 48.5 Å². The summed E-state index contributed by atoms with van der Waals surface area (Å²) in [5, 5.41) is 5.68. The number of carbonyl (C=O) groups excluding carboxylic acids is 1. The Morgan fingerprint density at radius 1 is 1.00 bits per heavy atom. The SMILES string of the molecule is O=C(OCCCc1ccccc1)c1csc(NCc2ccccc2)n1. The first-order valence-corrected chi connectivity index (χ1v) is 9.13. The summed E-state index contributed by atoms with van der Waals surface area (Å²) in [6.07, 6.45) is 1.70. The van der Waals surface area contributed by atoms with Crippen molar-refractivity contribution in [2.45, 2.75) is 19.4 Å². The van der Waals surface area contributed by atoms with Crippen LogP contribution in [-0.4, -0.2) is 17.6 Å². The third-order valence-corrected chi connectivity index (χ3v) is 4.49. The van der Waals surface area contributed by atoms with Crippen molar-refractivity contribution in [1.29, 1.82) is 0 Å². The molecular formula is C20H20N2O2S. The third-order valence-electron chi connectivity index (χ3n) is 3.69. The first-order valence-electron chi connectivity index (χ1n) is 8.25. The Labute approximate surface area is 151 Å². The Bertz CT molecular complexity index is 788. The van der Waals surface area contributed by atoms with Crippen molar-refractivity contribution in [1.82, 2.24) is 4.98 Å². The predicted molar refractivity (Wildman–Crippen MR) is 101 cm³/mol. The maximum absolute atomic E-state index is 12.0. The zero-order chi connectivity index (χ0) is 17.3. The normalized spacial score (nSPS) is 10.4. The fourth-order valence-electron chi connectivity index (χ4n) is 2.38. The van der Waals surface area contributed by atoms with Crippen molar-refractivity contribution < 1.29 is 9.53 Å². The molecule has 0 amide bonds. The van der Waals surface area contributed by atoms with E-state index in [4.69, 9.17) is 4.74 Å². The fourth-order valence-corrected chi connectivity index (χ4v) is 3.06. The van der Waals surface area contributed by atoms with Crippen LogP contribution in [-0.2, 0) is 17.7 Å². The van der Waals surface area contributed by atoms with Crippen LogP contribution in [0.15, 0.2) is 66.0 Å². The highest BCUT2D eigenvalue weighted by molar-refractivity contribution is 7.13. The number of aryl methyl sites for hydroxylation is 1. The lowest BCUT2D eigenvalue weighted by atomic mass is 10.1. The van der Waals surface area contributed by atoms with Gasteiger partial charge in [0.25, 0.3) is 0 Å². The van der Waals surface area contributed by atoms with Crippen LogP contribution < -0.4 is 5.32 Å². The second kappa shape index (κ2) is 8.99. The Morgan fingerprint density at radius 2 is 1.68 bits per heavy atom. The van der Waals surface area contributed by atoms with E-state index in [0.717, 1.165) is 18.0 Å². The number of rotatable bonds is 8. The minimum atomic E-state index is -0.364. The van der Waals surface area contributed by atoms with E-state index in [2.05, 4.69) is 22.4 Å². The third kappa shape index (κ3) is 5.43. The minimum Gasteiger partial charge on any atom is -0.461 e. The number of esters is 1. The van der Waals surface area contributed by atoms with Crippen LogP contribution in [0.5, 0.6) is 0 Å². The van der Waals surface area contributed by atoms with Crippen molar-refractivity contribution >= 4 is 22.4 Å². The van der Waals surface area contributed by atoms with Gasteiger partial charge < -0.3 is 10.1 Å². The van der Waals surface area contributed by atoms with Gasteiger partial charge in [0.2, 0.25) is 0 Å². The summed E-state index contributed by atoms with van der Waals surface area (Å²) in [5.74, 6) is -0.364. The van der Waals surface area contributed by atoms with E-state index in [1.54, 1.807) is 5.38 Å². The van der Waals surface area contributed by atoms with E-state index in [0.29, 0.717) is 18.8 Å². The Hall–Kier alpha value is -2.66. The van der Waals surface area contributed by atoms with Gasteiger partial charge in [0.15, 0.2) is 10.8 Å². The zero-order valence-corrected chi connectivity index (χ0v) is 14.7. The zero-order valence-electron chi connectivity index (χ0n) is 13.9. The number of carbonyl (C=O) groups is 1. The van der Waals surface area contributed by atoms with Crippen LogP contribution in [0.25, 0.3) is 0 Å². The molecule has 0 radical (unpaired) electrons. The lowest BCUT2D eigenvalue weighted by Crippen LogP contribution is -2.08. The average molecular weight is 352 g/mol. The number of hydrogen-bond donors (Lipinski definition) is 1. The van der Waals surface area contributed by atoms with Crippen LogP contribution in [0, 0.1) is 0 Å². The Morgan fingerprint density at radius 3 is 2.40 bits per heavy atom. The molecule has 2 aromatic carbocycles. The lowest BCUT2D eigenvalue weighted by molar-refractivity contribution is 0.0495. The molecule has 25 heavy (non-hydrogen) atoms. The van der Waals surface area contributed by atoms with Gasteiger partial charge in [-0.1, -0.05) is 60.7 Å². The molecule has 1 aromatic heterocycles. The van der Waals surface area contributed by atoms with Gasteiger partial charge >= 0.3 is 5.97 Å². The first-order chi connectivity index (χ1) is 12.3. The molecule has 0 saturated carbocycles. The van der Waals surface area contributed by atoms with E-state index in [9.17, 15) is 4.79 Å². The smallest absolute Gasteiger partial charge is 0.357 e. The topological polar surface area (TPSA) is 51.2 Å². The van der Waals surface area contributed by atoms with Gasteiger partial charge in [0, 0.05) is 11.9 Å². The van der Waals surface area contributed by atoms with Gasteiger partial charge in [0.1, 0.15) is 0 Å². The molecule has 3 rings (SSSR count). The summed E-state index contributed by atoms with van der Waals surface area (Å²) >= 11 is 1.41. The first kappa shape index (κ1) is 17.2. The lowest BCUT2D eigenvalue weighted by Gasteiger charge is -2.04. The summed E-state index contributed by atoms with van der Waals surface area (Å²) in [7, 11) is 0. The fraction of sp³-hybridized carbons (Fsp3) is 0.200. The second-order valence-corrected chi connectivity index (χ2v) is 6.46. The molecule has 0 spiro atoms. The number of anilines is 1. The van der Waals surface area contributed by atoms with E-state index >= 15 is 0 Å². The molecule has 5 heteroatoms. The van der Waals surface area contributed by atoms with Crippen molar-refractivity contribution in [3.8, 4) is 0 Å². The predicted octanol–water partition coefficient (Wildman–Crippen LogP) is 4.54. The monoisotopic (exact) mass is 352 g/mol. The van der Waals surface area contributed by atoms with Crippen molar-refractivity contribution in [3.63, 3.8) is 0 Å². The largest absolute Gasteiger partial charge is 0.461 e. The van der Waals surface area contributed by atoms with Crippen LogP contribution >= 0.6 is 11.3 Å². The number of ether oxygens (including phenoxy) is 1. The molecule has 0 saturated heterocycles. The van der Waals surface area contributed by atoms with Gasteiger partial charge in [-0.2, -0.15) is 0 Å². The van der Waals surface area contributed by atoms with E-state index < -0.39 is 0 Å². The highest BCUT2D eigenvalue weighted by Gasteiger charge is 2.12. The quantitative estimate of drug-likeness (QED) is 0.477. The van der Waals surface area contributed by atoms with Crippen molar-refractivity contribution in [3.05, 3.63) is 82.9 Å². The number of thiazole rings is 1. The van der Waals surface area contributed by atoms with Gasteiger partial charge in [-0.3, -0.25) is 0 Å². The summed E-state index contributed by atoms with van der Waals surface area (Å²) in [6.45, 7) is 1.08. The molecule has 0 unspecified atom stereocenters. The summed E-state index contributed by atoms with van der Waals surface area (Å²) < 4.78 is 5.30. The molecule has 1 heterocycles. The van der Waals surface area contributed by atoms with Crippen LogP contribution in [0.2, 0.25) is 0 Å². The number of nitrogens with zero attached hydrogens (tertiary/aromatic N) is 1. The molecule has 0 bridgehead atoms. The maximum atomic E-state index is 12.0. The summed E-state index contributed by atoms with van der Waals surface area (Å²) in [6, 6.07) is 20.2. The maximum Gasteiger partial charge on any atom is 0.357 e. The molecule has 0 aliphatic carbocycles. The van der Waals surface area contributed by atoms with E-state index in [-0.39, 0.29) is 5.97 Å². The molecular weight excluding hydrogens is 332 g/mol. The second-order valence-electron chi connectivity index (χ2n) is 5.60. The number of hydrogen-bond acceptors (Lipinski definition) is 5. The highest BCUT2D eigenvalue weighted by Crippen LogP contribution is 2.17. The van der Waals surface area contributed by atoms with Crippen molar-refractivity contribution in [2.75, 3.05) is 11.9 Å². The minimum absolute atomic E-state index is 0.361.